The van der Waals surface area contributed by atoms with Crippen molar-refractivity contribution in [1.82, 2.24) is 0 Å². The van der Waals surface area contributed by atoms with Crippen LogP contribution in [-0.2, 0) is 9.59 Å². The number of carboxylic acids is 2. The van der Waals surface area contributed by atoms with E-state index in [1.165, 1.54) is 0 Å². The van der Waals surface area contributed by atoms with E-state index in [1.54, 1.807) is 0 Å². The summed E-state index contributed by atoms with van der Waals surface area (Å²) in [5.41, 5.74) is 0. The van der Waals surface area contributed by atoms with Crippen molar-refractivity contribution in [2.75, 3.05) is 0 Å². The molecule has 0 bridgehead atoms. The van der Waals surface area contributed by atoms with Crippen LogP contribution >= 0.6 is 0 Å². The van der Waals surface area contributed by atoms with Crippen LogP contribution in [0.2, 0.25) is 0 Å². The van der Waals surface area contributed by atoms with Gasteiger partial charge in [-0.3, -0.25) is 0 Å². The second-order valence-electron chi connectivity index (χ2n) is 0.610. The zero-order valence-corrected chi connectivity index (χ0v) is 8.71. The minimum absolute atomic E-state index is 0. The van der Waals surface area contributed by atoms with Crippen molar-refractivity contribution in [3.63, 3.8) is 0 Å². The van der Waals surface area contributed by atoms with Gasteiger partial charge in [0.1, 0.15) is 0 Å². The zero-order chi connectivity index (χ0) is 5.15. The van der Waals surface area contributed by atoms with Gasteiger partial charge in [0, 0.05) is 59.1 Å². The number of aliphatic carboxylic acids is 2. The molecule has 0 atom stereocenters. The quantitative estimate of drug-likeness (QED) is 0.240. The first-order valence-electron chi connectivity index (χ1n) is 1.11. The van der Waals surface area contributed by atoms with Gasteiger partial charge in [-0.1, -0.05) is 0 Å². The molecule has 0 aliphatic heterocycles. The molecule has 36 valence electrons. The van der Waals surface area contributed by atoms with Crippen LogP contribution in [0, 0.1) is 0 Å². The summed E-state index contributed by atoms with van der Waals surface area (Å²) in [7, 11) is 0. The molecular weight excluding hydrogens is 136 g/mol. The molecule has 2 N–H and O–H groups in total. The molecule has 0 amide bonds. The number of carbonyl (C=O) groups is 2. The Bertz CT molecular complexity index is 78.0. The van der Waals surface area contributed by atoms with E-state index in [0.29, 0.717) is 0 Å². The predicted octanol–water partition coefficient (Wildman–Crippen LogP) is -1.61. The van der Waals surface area contributed by atoms with Crippen LogP contribution in [0.15, 0.2) is 0 Å². The first-order chi connectivity index (χ1) is 2.64. The van der Waals surface area contributed by atoms with E-state index >= 15 is 0 Å². The van der Waals surface area contributed by atoms with Crippen molar-refractivity contribution in [1.29, 1.82) is 0 Å². The first kappa shape index (κ1) is 16.0. The van der Waals surface area contributed by atoms with Crippen LogP contribution < -0.4 is 0 Å². The second kappa shape index (κ2) is 7.94. The van der Waals surface area contributed by atoms with Crippen LogP contribution in [0.25, 0.3) is 0 Å². The van der Waals surface area contributed by atoms with Crippen molar-refractivity contribution in [3.05, 3.63) is 0 Å². The summed E-state index contributed by atoms with van der Waals surface area (Å²) in [4.78, 5) is 18.2. The minimum atomic E-state index is -1.82. The standard InChI is InChI=1S/C2H2O4.2Na/c3-1(4)2(5)6;;/h(H,3,4)(H,5,6);;/i1+1,2+1;;. The SMILES string of the molecule is O=[13C](O)[13C](=O)O.[Na].[Na]. The average Bonchev–Trinajstić information content (AvgIpc) is 1.36. The molecule has 0 aromatic rings. The van der Waals surface area contributed by atoms with Gasteiger partial charge in [-0.15, -0.1) is 0 Å². The minimum Gasteiger partial charge on any atom is -0.473 e. The maximum atomic E-state index is 9.10. The fraction of sp³-hybridized carbons (Fsp3) is 0. The summed E-state index contributed by atoms with van der Waals surface area (Å²) in [6.45, 7) is 0. The van der Waals surface area contributed by atoms with Gasteiger partial charge in [0.2, 0.25) is 0 Å². The Labute approximate surface area is 89.8 Å². The molecule has 0 rings (SSSR count). The topological polar surface area (TPSA) is 74.6 Å². The molecule has 0 saturated carbocycles. The molecule has 0 aromatic heterocycles. The van der Waals surface area contributed by atoms with Crippen molar-refractivity contribution in [3.8, 4) is 0 Å². The van der Waals surface area contributed by atoms with Crippen LogP contribution in [0.3, 0.4) is 0 Å². The zero-order valence-electron chi connectivity index (χ0n) is 4.71. The van der Waals surface area contributed by atoms with E-state index in [-0.39, 0.29) is 59.1 Å². The van der Waals surface area contributed by atoms with Crippen LogP contribution in [0.4, 0.5) is 0 Å². The maximum absolute atomic E-state index is 9.10. The predicted molar refractivity (Wildman–Crippen MR) is 26.8 cm³/mol. The largest absolute Gasteiger partial charge is 0.473 e. The van der Waals surface area contributed by atoms with E-state index in [4.69, 9.17) is 19.8 Å². The van der Waals surface area contributed by atoms with Gasteiger partial charge in [0.15, 0.2) is 0 Å². The van der Waals surface area contributed by atoms with E-state index in [9.17, 15) is 0 Å². The summed E-state index contributed by atoms with van der Waals surface area (Å²) in [6.07, 6.45) is 0. The van der Waals surface area contributed by atoms with E-state index in [0.717, 1.165) is 0 Å². The number of carboxylic acid groups (broad SMARTS) is 2. The Kier molecular flexibility index (Phi) is 15.9. The van der Waals surface area contributed by atoms with Gasteiger partial charge in [-0.05, 0) is 0 Å². The molecule has 8 heavy (non-hydrogen) atoms. The number of hydrogen-bond donors (Lipinski definition) is 2. The van der Waals surface area contributed by atoms with E-state index in [2.05, 4.69) is 0 Å². The van der Waals surface area contributed by atoms with Gasteiger partial charge in [-0.2, -0.15) is 0 Å². The smallest absolute Gasteiger partial charge is 0.414 e. The monoisotopic (exact) mass is 138 g/mol. The van der Waals surface area contributed by atoms with Crippen molar-refractivity contribution >= 4 is 71.1 Å². The van der Waals surface area contributed by atoms with Crippen LogP contribution in [0.5, 0.6) is 0 Å². The summed E-state index contributed by atoms with van der Waals surface area (Å²) >= 11 is 0. The van der Waals surface area contributed by atoms with Gasteiger partial charge < -0.3 is 10.2 Å². The Hall–Kier alpha value is 0.940. The molecule has 6 heteroatoms. The molecular formula is C2H2Na2O4. The molecule has 2 radical (unpaired) electrons. The summed E-state index contributed by atoms with van der Waals surface area (Å²) in [6, 6.07) is 0. The van der Waals surface area contributed by atoms with E-state index < -0.39 is 11.9 Å². The summed E-state index contributed by atoms with van der Waals surface area (Å²) < 4.78 is 0. The van der Waals surface area contributed by atoms with Crippen molar-refractivity contribution < 1.29 is 19.8 Å². The normalized spacial score (nSPS) is 5.50. The fourth-order valence-corrected chi connectivity index (χ4v) is 0. The fourth-order valence-electron chi connectivity index (χ4n) is 0. The average molecular weight is 138 g/mol. The molecule has 0 aromatic carbocycles. The molecule has 0 fully saturated rings. The third-order valence-electron chi connectivity index (χ3n) is 0.183. The van der Waals surface area contributed by atoms with Gasteiger partial charge in [-0.25, -0.2) is 9.59 Å². The van der Waals surface area contributed by atoms with Crippen molar-refractivity contribution in [2.24, 2.45) is 0 Å². The maximum Gasteiger partial charge on any atom is 0.414 e. The second-order valence-corrected chi connectivity index (χ2v) is 0.610. The van der Waals surface area contributed by atoms with Crippen LogP contribution in [0.1, 0.15) is 0 Å². The van der Waals surface area contributed by atoms with Crippen molar-refractivity contribution in [2.45, 2.75) is 0 Å². The van der Waals surface area contributed by atoms with Gasteiger partial charge in [0.25, 0.3) is 0 Å². The number of rotatable bonds is 0. The summed E-state index contributed by atoms with van der Waals surface area (Å²) in [5, 5.41) is 14.8. The Morgan fingerprint density at radius 3 is 1.00 bits per heavy atom. The first-order valence-corrected chi connectivity index (χ1v) is 1.11. The summed E-state index contributed by atoms with van der Waals surface area (Å²) in [5.74, 6) is -3.65. The Balaban J connectivity index is -0.000000125. The Morgan fingerprint density at radius 2 is 1.00 bits per heavy atom. The third kappa shape index (κ3) is 10.0. The molecule has 0 aliphatic rings. The molecule has 0 saturated heterocycles. The van der Waals surface area contributed by atoms with Gasteiger partial charge >= 0.3 is 11.9 Å². The Morgan fingerprint density at radius 1 is 0.875 bits per heavy atom. The number of hydrogen-bond acceptors (Lipinski definition) is 2. The van der Waals surface area contributed by atoms with Crippen LogP contribution in [-0.4, -0.2) is 81.3 Å². The molecule has 4 nitrogen and oxygen atoms in total. The molecule has 0 aliphatic carbocycles. The van der Waals surface area contributed by atoms with Gasteiger partial charge in [0.05, 0.1) is 0 Å². The molecule has 0 spiro atoms. The third-order valence-corrected chi connectivity index (χ3v) is 0.183. The molecule has 0 heterocycles. The van der Waals surface area contributed by atoms with E-state index in [1.807, 2.05) is 0 Å². The molecule has 0 unspecified atom stereocenters.